The van der Waals surface area contributed by atoms with Gasteiger partial charge >= 0.3 is 0 Å². The van der Waals surface area contributed by atoms with Gasteiger partial charge < -0.3 is 5.32 Å². The van der Waals surface area contributed by atoms with E-state index < -0.39 is 22.6 Å². The van der Waals surface area contributed by atoms with Gasteiger partial charge in [0.1, 0.15) is 6.61 Å². The van der Waals surface area contributed by atoms with Crippen LogP contribution in [0.3, 0.4) is 0 Å². The number of carbonyl (C=O) groups is 1. The Bertz CT molecular complexity index is 725. The van der Waals surface area contributed by atoms with Crippen LogP contribution >= 0.6 is 0 Å². The molecule has 0 radical (unpaired) electrons. The van der Waals surface area contributed by atoms with Crippen LogP contribution in [0.25, 0.3) is 0 Å². The van der Waals surface area contributed by atoms with Crippen LogP contribution in [0.5, 0.6) is 0 Å². The highest BCUT2D eigenvalue weighted by Gasteiger charge is 2.16. The van der Waals surface area contributed by atoms with Crippen LogP contribution in [0, 0.1) is 6.92 Å². The van der Waals surface area contributed by atoms with Crippen LogP contribution in [-0.4, -0.2) is 20.9 Å². The summed E-state index contributed by atoms with van der Waals surface area (Å²) >= 11 is 0. The van der Waals surface area contributed by atoms with E-state index in [1.165, 1.54) is 12.1 Å². The molecule has 2 aromatic rings. The summed E-state index contributed by atoms with van der Waals surface area (Å²) < 4.78 is 28.6. The van der Waals surface area contributed by atoms with E-state index in [1.54, 1.807) is 12.1 Å². The van der Waals surface area contributed by atoms with E-state index in [0.717, 1.165) is 11.1 Å². The zero-order valence-electron chi connectivity index (χ0n) is 12.2. The van der Waals surface area contributed by atoms with E-state index in [-0.39, 0.29) is 4.90 Å². The van der Waals surface area contributed by atoms with Gasteiger partial charge in [0.25, 0.3) is 10.1 Å². The first kappa shape index (κ1) is 16.2. The maximum Gasteiger partial charge on any atom is 0.297 e. The zero-order chi connectivity index (χ0) is 16.0. The normalized spacial score (nSPS) is 11.1. The first-order valence-corrected chi connectivity index (χ1v) is 8.15. The van der Waals surface area contributed by atoms with Crippen molar-refractivity contribution in [2.75, 3.05) is 6.61 Å². The lowest BCUT2D eigenvalue weighted by atomic mass is 10.2. The molecule has 22 heavy (non-hydrogen) atoms. The molecular formula is C16H17NO4S. The number of hydrogen-bond donors (Lipinski definition) is 1. The van der Waals surface area contributed by atoms with E-state index in [4.69, 9.17) is 4.18 Å². The topological polar surface area (TPSA) is 72.5 Å². The van der Waals surface area contributed by atoms with E-state index in [1.807, 2.05) is 37.3 Å². The minimum atomic E-state index is -3.92. The van der Waals surface area contributed by atoms with Crippen LogP contribution in [0.2, 0.25) is 0 Å². The number of aryl methyl sites for hydroxylation is 1. The Morgan fingerprint density at radius 2 is 1.68 bits per heavy atom. The highest BCUT2D eigenvalue weighted by Crippen LogP contribution is 2.12. The minimum absolute atomic E-state index is 0.0361. The summed E-state index contributed by atoms with van der Waals surface area (Å²) in [5.41, 5.74) is 1.87. The third-order valence-electron chi connectivity index (χ3n) is 2.99. The van der Waals surface area contributed by atoms with Crippen molar-refractivity contribution in [2.45, 2.75) is 18.4 Å². The summed E-state index contributed by atoms with van der Waals surface area (Å²) in [6.07, 6.45) is 0. The standard InChI is InChI=1S/C16H17NO4S/c1-13-7-9-15(10-8-13)22(19,20)21-12-16(18)17-11-14-5-3-2-4-6-14/h2-10H,11-12H2,1H3,(H,17,18). The van der Waals surface area contributed by atoms with Crippen LogP contribution in [0.4, 0.5) is 0 Å². The Morgan fingerprint density at radius 3 is 2.32 bits per heavy atom. The Balaban J connectivity index is 1.86. The highest BCUT2D eigenvalue weighted by atomic mass is 32.2. The third-order valence-corrected chi connectivity index (χ3v) is 4.27. The predicted molar refractivity (Wildman–Crippen MR) is 82.6 cm³/mol. The molecule has 116 valence electrons. The second-order valence-corrected chi connectivity index (χ2v) is 6.41. The third kappa shape index (κ3) is 4.68. The Hall–Kier alpha value is -2.18. The Kier molecular flexibility index (Phi) is 5.30. The van der Waals surface area contributed by atoms with Gasteiger partial charge in [0.05, 0.1) is 4.90 Å². The average Bonchev–Trinajstić information content (AvgIpc) is 2.52. The molecule has 0 aliphatic rings. The molecule has 0 heterocycles. The molecule has 6 heteroatoms. The minimum Gasteiger partial charge on any atom is -0.350 e. The Labute approximate surface area is 130 Å². The van der Waals surface area contributed by atoms with E-state index in [9.17, 15) is 13.2 Å². The lowest BCUT2D eigenvalue weighted by Gasteiger charge is -2.07. The molecule has 0 aromatic heterocycles. The van der Waals surface area contributed by atoms with Crippen LogP contribution in [0.15, 0.2) is 59.5 Å². The van der Waals surface area contributed by atoms with Gasteiger partial charge in [0.15, 0.2) is 0 Å². The zero-order valence-corrected chi connectivity index (χ0v) is 13.0. The molecular weight excluding hydrogens is 302 g/mol. The van der Waals surface area contributed by atoms with Crippen molar-refractivity contribution in [1.29, 1.82) is 0 Å². The smallest absolute Gasteiger partial charge is 0.297 e. The van der Waals surface area contributed by atoms with Gasteiger partial charge in [0.2, 0.25) is 5.91 Å². The first-order valence-electron chi connectivity index (χ1n) is 6.74. The molecule has 0 aliphatic carbocycles. The number of benzene rings is 2. The molecule has 0 unspecified atom stereocenters. The quantitative estimate of drug-likeness (QED) is 0.827. The van der Waals surface area contributed by atoms with Crippen molar-refractivity contribution in [3.8, 4) is 0 Å². The molecule has 0 spiro atoms. The van der Waals surface area contributed by atoms with Gasteiger partial charge in [-0.15, -0.1) is 0 Å². The predicted octanol–water partition coefficient (Wildman–Crippen LogP) is 2.02. The van der Waals surface area contributed by atoms with Crippen molar-refractivity contribution in [3.05, 3.63) is 65.7 Å². The summed E-state index contributed by atoms with van der Waals surface area (Å²) in [7, 11) is -3.92. The van der Waals surface area contributed by atoms with Crippen molar-refractivity contribution in [1.82, 2.24) is 5.32 Å². The lowest BCUT2D eigenvalue weighted by Crippen LogP contribution is -2.28. The van der Waals surface area contributed by atoms with Gasteiger partial charge in [0, 0.05) is 6.54 Å². The summed E-state index contributed by atoms with van der Waals surface area (Å²) in [6.45, 7) is 1.64. The number of rotatable bonds is 6. The fraction of sp³-hybridized carbons (Fsp3) is 0.188. The molecule has 0 saturated heterocycles. The number of carbonyl (C=O) groups excluding carboxylic acids is 1. The van der Waals surface area contributed by atoms with Crippen LogP contribution in [-0.2, 0) is 25.6 Å². The number of nitrogens with one attached hydrogen (secondary N) is 1. The van der Waals surface area contributed by atoms with Crippen LogP contribution < -0.4 is 5.32 Å². The molecule has 0 aliphatic heterocycles. The molecule has 0 saturated carbocycles. The van der Waals surface area contributed by atoms with Gasteiger partial charge in [-0.3, -0.25) is 8.98 Å². The van der Waals surface area contributed by atoms with Crippen LogP contribution in [0.1, 0.15) is 11.1 Å². The van der Waals surface area contributed by atoms with E-state index >= 15 is 0 Å². The summed E-state index contributed by atoms with van der Waals surface area (Å²) in [5, 5.41) is 2.60. The summed E-state index contributed by atoms with van der Waals surface area (Å²) in [5.74, 6) is -0.487. The van der Waals surface area contributed by atoms with E-state index in [2.05, 4.69) is 5.32 Å². The lowest BCUT2D eigenvalue weighted by molar-refractivity contribution is -0.123. The van der Waals surface area contributed by atoms with Gasteiger partial charge in [-0.1, -0.05) is 48.0 Å². The molecule has 0 atom stereocenters. The molecule has 0 bridgehead atoms. The van der Waals surface area contributed by atoms with Crippen molar-refractivity contribution in [3.63, 3.8) is 0 Å². The Morgan fingerprint density at radius 1 is 1.05 bits per heavy atom. The SMILES string of the molecule is Cc1ccc(S(=O)(=O)OCC(=O)NCc2ccccc2)cc1. The molecule has 2 rings (SSSR count). The fourth-order valence-electron chi connectivity index (χ4n) is 1.75. The molecule has 1 amide bonds. The number of amides is 1. The largest absolute Gasteiger partial charge is 0.350 e. The summed E-state index contributed by atoms with van der Waals surface area (Å²) in [4.78, 5) is 11.7. The second kappa shape index (κ2) is 7.20. The van der Waals surface area contributed by atoms with Gasteiger partial charge in [-0.05, 0) is 24.6 Å². The van der Waals surface area contributed by atoms with Crippen molar-refractivity contribution >= 4 is 16.0 Å². The maximum absolute atomic E-state index is 11.9. The molecule has 1 N–H and O–H groups in total. The molecule has 0 fully saturated rings. The highest BCUT2D eigenvalue weighted by molar-refractivity contribution is 7.86. The second-order valence-electron chi connectivity index (χ2n) is 4.79. The van der Waals surface area contributed by atoms with Crippen molar-refractivity contribution < 1.29 is 17.4 Å². The summed E-state index contributed by atoms with van der Waals surface area (Å²) in [6, 6.07) is 15.6. The molecule has 5 nitrogen and oxygen atoms in total. The average molecular weight is 319 g/mol. The van der Waals surface area contributed by atoms with Gasteiger partial charge in [-0.25, -0.2) is 0 Å². The fourth-order valence-corrected chi connectivity index (χ4v) is 2.62. The first-order chi connectivity index (χ1) is 10.5. The monoisotopic (exact) mass is 319 g/mol. The number of hydrogen-bond acceptors (Lipinski definition) is 4. The van der Waals surface area contributed by atoms with Crippen molar-refractivity contribution in [2.24, 2.45) is 0 Å². The van der Waals surface area contributed by atoms with E-state index in [0.29, 0.717) is 6.54 Å². The van der Waals surface area contributed by atoms with Gasteiger partial charge in [-0.2, -0.15) is 8.42 Å². The maximum atomic E-state index is 11.9. The molecule has 2 aromatic carbocycles.